The van der Waals surface area contributed by atoms with Crippen molar-refractivity contribution in [1.29, 1.82) is 0 Å². The van der Waals surface area contributed by atoms with E-state index in [-0.39, 0.29) is 29.4 Å². The summed E-state index contributed by atoms with van der Waals surface area (Å²) in [5, 5.41) is 6.29. The van der Waals surface area contributed by atoms with E-state index in [0.717, 1.165) is 24.2 Å². The van der Waals surface area contributed by atoms with Crippen molar-refractivity contribution in [2.45, 2.75) is 45.1 Å². The molecule has 3 rings (SSSR count). The van der Waals surface area contributed by atoms with Crippen LogP contribution in [0.2, 0.25) is 0 Å². The number of carbonyl (C=O) groups is 2. The van der Waals surface area contributed by atoms with Gasteiger partial charge in [-0.15, -0.1) is 0 Å². The Labute approximate surface area is 163 Å². The summed E-state index contributed by atoms with van der Waals surface area (Å²) >= 11 is 0. The average molecular weight is 383 g/mol. The van der Waals surface area contributed by atoms with E-state index >= 15 is 0 Å². The highest BCUT2D eigenvalue weighted by molar-refractivity contribution is 5.96. The molecular formula is C19H25N7O2. The van der Waals surface area contributed by atoms with Gasteiger partial charge in [0.15, 0.2) is 11.5 Å². The van der Waals surface area contributed by atoms with Crippen molar-refractivity contribution >= 4 is 29.1 Å². The van der Waals surface area contributed by atoms with Crippen molar-refractivity contribution in [2.75, 3.05) is 10.6 Å². The molecule has 0 radical (unpaired) electrons. The third kappa shape index (κ3) is 4.93. The number of amides is 2. The predicted octanol–water partition coefficient (Wildman–Crippen LogP) is 1.90. The van der Waals surface area contributed by atoms with Gasteiger partial charge in [0, 0.05) is 35.5 Å². The van der Waals surface area contributed by atoms with Crippen LogP contribution in [0.15, 0.2) is 24.5 Å². The van der Waals surface area contributed by atoms with E-state index in [1.807, 2.05) is 13.0 Å². The molecule has 0 bridgehead atoms. The Morgan fingerprint density at radius 2 is 2.00 bits per heavy atom. The first kappa shape index (κ1) is 19.5. The van der Waals surface area contributed by atoms with Crippen LogP contribution in [0.4, 0.5) is 17.3 Å². The summed E-state index contributed by atoms with van der Waals surface area (Å²) in [5.41, 5.74) is 12.6. The van der Waals surface area contributed by atoms with Crippen molar-refractivity contribution in [3.8, 4) is 0 Å². The molecule has 2 amide bonds. The molecule has 0 aliphatic heterocycles. The smallest absolute Gasteiger partial charge is 0.271 e. The van der Waals surface area contributed by atoms with Crippen LogP contribution in [-0.2, 0) is 4.79 Å². The number of carbonyl (C=O) groups excluding carboxylic acids is 2. The minimum Gasteiger partial charge on any atom is -0.369 e. The summed E-state index contributed by atoms with van der Waals surface area (Å²) in [4.78, 5) is 36.0. The fraction of sp³-hybridized carbons (Fsp3) is 0.421. The third-order valence-electron chi connectivity index (χ3n) is 4.63. The van der Waals surface area contributed by atoms with Gasteiger partial charge < -0.3 is 22.1 Å². The van der Waals surface area contributed by atoms with Crippen molar-refractivity contribution in [3.05, 3.63) is 35.9 Å². The van der Waals surface area contributed by atoms with Crippen LogP contribution in [0.25, 0.3) is 0 Å². The molecular weight excluding hydrogens is 358 g/mol. The molecule has 2 aromatic rings. The Balaban J connectivity index is 1.78. The lowest BCUT2D eigenvalue weighted by Crippen LogP contribution is -2.27. The van der Waals surface area contributed by atoms with Crippen molar-refractivity contribution in [3.63, 3.8) is 0 Å². The lowest BCUT2D eigenvalue weighted by molar-refractivity contribution is -0.121. The summed E-state index contributed by atoms with van der Waals surface area (Å²) in [6.45, 7) is 3.69. The molecule has 0 spiro atoms. The summed E-state index contributed by atoms with van der Waals surface area (Å²) in [5.74, 6) is -0.0577. The maximum Gasteiger partial charge on any atom is 0.271 e. The molecule has 2 heterocycles. The first-order valence-corrected chi connectivity index (χ1v) is 9.29. The third-order valence-corrected chi connectivity index (χ3v) is 4.63. The Morgan fingerprint density at radius 1 is 1.25 bits per heavy atom. The van der Waals surface area contributed by atoms with Gasteiger partial charge in [0.05, 0.1) is 6.20 Å². The molecule has 0 saturated heterocycles. The minimum atomic E-state index is -0.673. The molecule has 2 unspecified atom stereocenters. The molecule has 2 atom stereocenters. The molecule has 9 nitrogen and oxygen atoms in total. The topological polar surface area (TPSA) is 149 Å². The first-order chi connectivity index (χ1) is 13.3. The summed E-state index contributed by atoms with van der Waals surface area (Å²) in [7, 11) is 0. The van der Waals surface area contributed by atoms with Gasteiger partial charge in [-0.25, -0.2) is 9.97 Å². The minimum absolute atomic E-state index is 0.0495. The molecule has 1 fully saturated rings. The second kappa shape index (κ2) is 8.20. The number of primary amides is 2. The van der Waals surface area contributed by atoms with Crippen LogP contribution in [-0.4, -0.2) is 32.8 Å². The van der Waals surface area contributed by atoms with Crippen LogP contribution < -0.4 is 22.1 Å². The summed E-state index contributed by atoms with van der Waals surface area (Å²) < 4.78 is 0. The van der Waals surface area contributed by atoms with Crippen LogP contribution >= 0.6 is 0 Å². The Kier molecular flexibility index (Phi) is 5.72. The maximum atomic E-state index is 11.7. The second-order valence-electron chi connectivity index (χ2n) is 7.27. The van der Waals surface area contributed by atoms with Gasteiger partial charge in [-0.2, -0.15) is 0 Å². The van der Waals surface area contributed by atoms with E-state index in [2.05, 4.69) is 25.6 Å². The van der Waals surface area contributed by atoms with Crippen molar-refractivity contribution in [1.82, 2.24) is 15.0 Å². The molecule has 1 aliphatic carbocycles. The van der Waals surface area contributed by atoms with E-state index < -0.39 is 5.91 Å². The number of anilines is 3. The van der Waals surface area contributed by atoms with Crippen LogP contribution in [0.3, 0.4) is 0 Å². The number of nitrogens with zero attached hydrogens (tertiary/aromatic N) is 3. The monoisotopic (exact) mass is 383 g/mol. The first-order valence-electron chi connectivity index (χ1n) is 9.29. The zero-order chi connectivity index (χ0) is 20.3. The molecule has 6 N–H and O–H groups in total. The van der Waals surface area contributed by atoms with Crippen LogP contribution in [0.1, 0.15) is 55.2 Å². The molecule has 28 heavy (non-hydrogen) atoms. The normalized spacial score (nSPS) is 15.5. The summed E-state index contributed by atoms with van der Waals surface area (Å²) in [6, 6.07) is 3.68. The summed E-state index contributed by atoms with van der Waals surface area (Å²) in [6.07, 6.45) is 6.00. The highest BCUT2D eigenvalue weighted by Crippen LogP contribution is 2.39. The molecule has 9 heteroatoms. The molecule has 148 valence electrons. The lowest BCUT2D eigenvalue weighted by atomic mass is 10.0. The number of hydrogen-bond donors (Lipinski definition) is 4. The number of rotatable bonds is 9. The zero-order valence-electron chi connectivity index (χ0n) is 16.0. The number of hydrogen-bond acceptors (Lipinski definition) is 7. The van der Waals surface area contributed by atoms with Gasteiger partial charge in [0.1, 0.15) is 5.82 Å². The second-order valence-corrected chi connectivity index (χ2v) is 7.27. The lowest BCUT2D eigenvalue weighted by Gasteiger charge is -2.18. The van der Waals surface area contributed by atoms with Crippen molar-refractivity contribution < 1.29 is 9.59 Å². The number of aromatic nitrogens is 3. The highest BCUT2D eigenvalue weighted by Gasteiger charge is 2.25. The zero-order valence-corrected chi connectivity index (χ0v) is 16.0. The van der Waals surface area contributed by atoms with Gasteiger partial charge >= 0.3 is 0 Å². The van der Waals surface area contributed by atoms with Gasteiger partial charge in [0.25, 0.3) is 5.91 Å². The van der Waals surface area contributed by atoms with Gasteiger partial charge in [-0.3, -0.25) is 14.6 Å². The molecule has 1 aliphatic rings. The maximum absolute atomic E-state index is 11.7. The van der Waals surface area contributed by atoms with Gasteiger partial charge in [0.2, 0.25) is 5.91 Å². The molecule has 0 aromatic carbocycles. The van der Waals surface area contributed by atoms with Gasteiger partial charge in [-0.05, 0) is 38.3 Å². The van der Waals surface area contributed by atoms with Crippen LogP contribution in [0.5, 0.6) is 0 Å². The quantitative estimate of drug-likeness (QED) is 0.516. The van der Waals surface area contributed by atoms with E-state index in [1.54, 1.807) is 19.2 Å². The Hall–Kier alpha value is -3.23. The molecule has 1 saturated carbocycles. The fourth-order valence-corrected chi connectivity index (χ4v) is 2.95. The average Bonchev–Trinajstić information content (AvgIpc) is 3.47. The standard InChI is InChI=1S/C19H25N7O2/c1-10(17(20)27)7-11(2)24-15-9-23-16(18(21)28)19(26-15)25-13-5-6-22-14(8-13)12-3-4-12/h5-6,8-12H,3-4,7H2,1-2H3,(H2,20,27)(H2,21,28)(H2,22,24,25,26). The SMILES string of the molecule is CC(CC(C)C(N)=O)Nc1cnc(C(N)=O)c(Nc2ccnc(C3CC3)c2)n1. The number of nitrogens with two attached hydrogens (primary N) is 2. The molecule has 2 aromatic heterocycles. The fourth-order valence-electron chi connectivity index (χ4n) is 2.95. The Morgan fingerprint density at radius 3 is 2.64 bits per heavy atom. The largest absolute Gasteiger partial charge is 0.369 e. The van der Waals surface area contributed by atoms with E-state index in [1.165, 1.54) is 6.20 Å². The Bertz CT molecular complexity index is 882. The number of pyridine rings is 1. The van der Waals surface area contributed by atoms with Crippen molar-refractivity contribution in [2.24, 2.45) is 17.4 Å². The highest BCUT2D eigenvalue weighted by atomic mass is 16.1. The predicted molar refractivity (Wildman–Crippen MR) is 106 cm³/mol. The van der Waals surface area contributed by atoms with Gasteiger partial charge in [-0.1, -0.05) is 6.92 Å². The van der Waals surface area contributed by atoms with E-state index in [9.17, 15) is 9.59 Å². The van der Waals surface area contributed by atoms with Crippen LogP contribution in [0, 0.1) is 5.92 Å². The van der Waals surface area contributed by atoms with E-state index in [0.29, 0.717) is 18.2 Å². The van der Waals surface area contributed by atoms with E-state index in [4.69, 9.17) is 11.5 Å². The number of nitrogens with one attached hydrogen (secondary N) is 2.